The van der Waals surface area contributed by atoms with Crippen LogP contribution in [0.1, 0.15) is 17.5 Å². The average molecular weight is 313 g/mol. The molecule has 0 aliphatic carbocycles. The molecule has 2 aliphatic heterocycles. The van der Waals surface area contributed by atoms with Crippen molar-refractivity contribution in [3.05, 3.63) is 35.4 Å². The monoisotopic (exact) mass is 313 g/mol. The highest BCUT2D eigenvalue weighted by Gasteiger charge is 2.48. The molecule has 0 N–H and O–H groups in total. The molecule has 2 atom stereocenters. The average Bonchev–Trinajstić information content (AvgIpc) is 3.05. The molecule has 0 radical (unpaired) electrons. The fraction of sp³-hybridized carbons (Fsp3) is 0.533. The van der Waals surface area contributed by atoms with E-state index in [0.29, 0.717) is 12.1 Å². The first-order valence-electron chi connectivity index (χ1n) is 7.21. The summed E-state index contributed by atoms with van der Waals surface area (Å²) in [5.74, 6) is 0.266. The van der Waals surface area contributed by atoms with Crippen molar-refractivity contribution >= 4 is 5.84 Å². The van der Waals surface area contributed by atoms with Gasteiger partial charge in [-0.3, -0.25) is 0 Å². The maximum absolute atomic E-state index is 13.0. The number of rotatable bonds is 2. The Hall–Kier alpha value is -1.60. The molecular formula is C15H18F3N3O. The van der Waals surface area contributed by atoms with Crippen molar-refractivity contribution in [1.29, 1.82) is 0 Å². The van der Waals surface area contributed by atoms with E-state index < -0.39 is 12.4 Å². The van der Waals surface area contributed by atoms with Crippen LogP contribution >= 0.6 is 0 Å². The van der Waals surface area contributed by atoms with E-state index in [-0.39, 0.29) is 11.9 Å². The molecule has 0 aromatic heterocycles. The van der Waals surface area contributed by atoms with Crippen molar-refractivity contribution in [3.63, 3.8) is 0 Å². The highest BCUT2D eigenvalue weighted by atomic mass is 19.4. The van der Waals surface area contributed by atoms with Gasteiger partial charge in [-0.1, -0.05) is 29.8 Å². The highest BCUT2D eigenvalue weighted by molar-refractivity contribution is 5.99. The third kappa shape index (κ3) is 2.96. The summed E-state index contributed by atoms with van der Waals surface area (Å²) < 4.78 is 38.9. The van der Waals surface area contributed by atoms with Gasteiger partial charge < -0.3 is 4.90 Å². The van der Waals surface area contributed by atoms with E-state index >= 15 is 0 Å². The van der Waals surface area contributed by atoms with Gasteiger partial charge in [-0.2, -0.15) is 13.2 Å². The van der Waals surface area contributed by atoms with Gasteiger partial charge in [0.15, 0.2) is 5.84 Å². The van der Waals surface area contributed by atoms with E-state index in [4.69, 9.17) is 4.84 Å². The van der Waals surface area contributed by atoms with Crippen LogP contribution < -0.4 is 0 Å². The maximum Gasteiger partial charge on any atom is 0.437 e. The summed E-state index contributed by atoms with van der Waals surface area (Å²) in [6.45, 7) is 3.43. The first kappa shape index (κ1) is 15.3. The van der Waals surface area contributed by atoms with Crippen molar-refractivity contribution in [2.45, 2.75) is 31.8 Å². The van der Waals surface area contributed by atoms with Crippen LogP contribution in [-0.2, 0) is 4.84 Å². The number of amidine groups is 1. The summed E-state index contributed by atoms with van der Waals surface area (Å²) in [6.07, 6.45) is -5.86. The highest BCUT2D eigenvalue weighted by Crippen LogP contribution is 2.32. The zero-order valence-corrected chi connectivity index (χ0v) is 12.5. The predicted molar refractivity (Wildman–Crippen MR) is 76.4 cm³/mol. The lowest BCUT2D eigenvalue weighted by molar-refractivity contribution is -0.268. The number of benzene rings is 1. The number of hydroxylamine groups is 2. The van der Waals surface area contributed by atoms with Crippen LogP contribution in [0.3, 0.4) is 0 Å². The topological polar surface area (TPSA) is 28.1 Å². The van der Waals surface area contributed by atoms with Gasteiger partial charge in [0, 0.05) is 18.7 Å². The molecule has 2 aliphatic rings. The minimum absolute atomic E-state index is 0.114. The molecule has 7 heteroatoms. The molecule has 0 bridgehead atoms. The smallest absolute Gasteiger partial charge is 0.304 e. The molecule has 1 aromatic carbocycles. The number of hydrogen-bond donors (Lipinski definition) is 0. The van der Waals surface area contributed by atoms with Gasteiger partial charge in [0.2, 0.25) is 0 Å². The number of hydrogen-bond acceptors (Lipinski definition) is 4. The normalized spacial score (nSPS) is 26.6. The minimum atomic E-state index is -4.50. The SMILES string of the molecule is Cc1ccc(C2=N[C@@H](C(F)(F)F)ON2C2CCN(C)C2)cc1. The number of aryl methyl sites for hydroxylation is 1. The van der Waals surface area contributed by atoms with Crippen molar-refractivity contribution in [1.82, 2.24) is 9.96 Å². The van der Waals surface area contributed by atoms with Crippen LogP contribution in [0.2, 0.25) is 0 Å². The van der Waals surface area contributed by atoms with Gasteiger partial charge in [-0.05, 0) is 20.4 Å². The molecule has 1 saturated heterocycles. The number of alkyl halides is 3. The van der Waals surface area contributed by atoms with Crippen molar-refractivity contribution in [2.75, 3.05) is 20.1 Å². The predicted octanol–water partition coefficient (Wildman–Crippen LogP) is 2.58. The van der Waals surface area contributed by atoms with E-state index in [9.17, 15) is 13.2 Å². The first-order chi connectivity index (χ1) is 10.3. The number of likely N-dealkylation sites (tertiary alicyclic amines) is 1. The Morgan fingerprint density at radius 3 is 2.45 bits per heavy atom. The number of nitrogens with zero attached hydrogens (tertiary/aromatic N) is 3. The molecule has 4 nitrogen and oxygen atoms in total. The van der Waals surface area contributed by atoms with Gasteiger partial charge in [0.05, 0.1) is 6.04 Å². The van der Waals surface area contributed by atoms with Crippen LogP contribution in [0, 0.1) is 6.92 Å². The van der Waals surface area contributed by atoms with Gasteiger partial charge in [-0.15, -0.1) is 0 Å². The van der Waals surface area contributed by atoms with E-state index in [1.54, 1.807) is 12.1 Å². The fourth-order valence-electron chi connectivity index (χ4n) is 2.75. The Morgan fingerprint density at radius 2 is 1.91 bits per heavy atom. The summed E-state index contributed by atoms with van der Waals surface area (Å²) in [7, 11) is 1.94. The molecule has 22 heavy (non-hydrogen) atoms. The molecule has 1 unspecified atom stereocenters. The Labute approximate surface area is 127 Å². The zero-order chi connectivity index (χ0) is 15.9. The van der Waals surface area contributed by atoms with Crippen molar-refractivity contribution < 1.29 is 18.0 Å². The summed E-state index contributed by atoms with van der Waals surface area (Å²) in [5, 5.41) is 1.35. The fourth-order valence-corrected chi connectivity index (χ4v) is 2.75. The van der Waals surface area contributed by atoms with Gasteiger partial charge in [0.25, 0.3) is 6.23 Å². The summed E-state index contributed by atoms with van der Waals surface area (Å²) in [6, 6.07) is 7.16. The maximum atomic E-state index is 13.0. The number of halogens is 3. The molecule has 1 aromatic rings. The Kier molecular flexibility index (Phi) is 3.86. The molecule has 3 rings (SSSR count). The quantitative estimate of drug-likeness (QED) is 0.840. The molecule has 0 amide bonds. The Morgan fingerprint density at radius 1 is 1.23 bits per heavy atom. The third-order valence-electron chi connectivity index (χ3n) is 3.95. The molecule has 2 heterocycles. The largest absolute Gasteiger partial charge is 0.437 e. The number of aliphatic imine (C=N–C) groups is 1. The van der Waals surface area contributed by atoms with Crippen molar-refractivity contribution in [3.8, 4) is 0 Å². The standard InChI is InChI=1S/C15H18F3N3O/c1-10-3-5-11(6-4-10)13-19-14(15(16,17)18)22-21(13)12-7-8-20(2)9-12/h3-6,12,14H,7-9H2,1-2H3/t12?,14-/m1/s1. The molecule has 1 fully saturated rings. The van der Waals surface area contributed by atoms with Gasteiger partial charge in [-0.25, -0.2) is 14.9 Å². The zero-order valence-electron chi connectivity index (χ0n) is 12.5. The van der Waals surface area contributed by atoms with Crippen LogP contribution in [0.25, 0.3) is 0 Å². The van der Waals surface area contributed by atoms with E-state index in [1.165, 1.54) is 5.06 Å². The molecule has 0 spiro atoms. The second-order valence-corrected chi connectivity index (χ2v) is 5.85. The second kappa shape index (κ2) is 5.55. The van der Waals surface area contributed by atoms with E-state index in [0.717, 1.165) is 18.5 Å². The van der Waals surface area contributed by atoms with E-state index in [1.807, 2.05) is 26.1 Å². The van der Waals surface area contributed by atoms with E-state index in [2.05, 4.69) is 9.89 Å². The second-order valence-electron chi connectivity index (χ2n) is 5.85. The van der Waals surface area contributed by atoms with Crippen molar-refractivity contribution in [2.24, 2.45) is 4.99 Å². The molecule has 0 saturated carbocycles. The first-order valence-corrected chi connectivity index (χ1v) is 7.21. The van der Waals surface area contributed by atoms with Gasteiger partial charge >= 0.3 is 6.18 Å². The Balaban J connectivity index is 1.91. The van der Waals surface area contributed by atoms with Gasteiger partial charge in [0.1, 0.15) is 0 Å². The molecule has 120 valence electrons. The van der Waals surface area contributed by atoms with Crippen LogP contribution in [-0.4, -0.2) is 54.4 Å². The number of likely N-dealkylation sites (N-methyl/N-ethyl adjacent to an activating group) is 1. The minimum Gasteiger partial charge on any atom is -0.304 e. The summed E-state index contributed by atoms with van der Waals surface area (Å²) in [5.41, 5.74) is 1.69. The van der Waals surface area contributed by atoms with Crippen LogP contribution in [0.15, 0.2) is 29.3 Å². The lowest BCUT2D eigenvalue weighted by Gasteiger charge is -2.26. The molecular weight excluding hydrogens is 295 g/mol. The summed E-state index contributed by atoms with van der Waals surface area (Å²) >= 11 is 0. The van der Waals surface area contributed by atoms with Crippen LogP contribution in [0.5, 0.6) is 0 Å². The lowest BCUT2D eigenvalue weighted by Crippen LogP contribution is -2.41. The summed E-state index contributed by atoms with van der Waals surface area (Å²) in [4.78, 5) is 11.0. The van der Waals surface area contributed by atoms with Crippen LogP contribution in [0.4, 0.5) is 13.2 Å². The third-order valence-corrected chi connectivity index (χ3v) is 3.95. The Bertz CT molecular complexity index is 570. The lowest BCUT2D eigenvalue weighted by atomic mass is 10.1.